The highest BCUT2D eigenvalue weighted by atomic mass is 16.2. The molecule has 0 saturated heterocycles. The number of benzene rings is 2. The van der Waals surface area contributed by atoms with Crippen LogP contribution in [0.2, 0.25) is 0 Å². The lowest BCUT2D eigenvalue weighted by atomic mass is 10.0. The van der Waals surface area contributed by atoms with E-state index in [4.69, 9.17) is 0 Å². The molecule has 2 aromatic carbocycles. The lowest BCUT2D eigenvalue weighted by Crippen LogP contribution is -2.46. The highest BCUT2D eigenvalue weighted by molar-refractivity contribution is 5.98. The van der Waals surface area contributed by atoms with E-state index in [0.717, 1.165) is 16.8 Å². The van der Waals surface area contributed by atoms with E-state index in [1.165, 1.54) is 7.05 Å². The number of carbonyl (C=O) groups is 3. The summed E-state index contributed by atoms with van der Waals surface area (Å²) in [7, 11) is 3.10. The Kier molecular flexibility index (Phi) is 7.28. The topological polar surface area (TPSA) is 90.5 Å². The molecule has 0 spiro atoms. The molecular formula is C21H26N4O3. The van der Waals surface area contributed by atoms with Crippen LogP contribution in [0.3, 0.4) is 0 Å². The third-order valence-electron chi connectivity index (χ3n) is 4.41. The number of hydrogen-bond acceptors (Lipinski definition) is 4. The van der Waals surface area contributed by atoms with Gasteiger partial charge in [0.15, 0.2) is 0 Å². The first-order chi connectivity index (χ1) is 13.3. The van der Waals surface area contributed by atoms with Gasteiger partial charge in [0.2, 0.25) is 11.8 Å². The van der Waals surface area contributed by atoms with Crippen molar-refractivity contribution in [3.63, 3.8) is 0 Å². The largest absolute Gasteiger partial charge is 0.341 e. The number of likely N-dealkylation sites (N-methyl/N-ethyl adjacent to an activating group) is 1. The van der Waals surface area contributed by atoms with Gasteiger partial charge >= 0.3 is 6.03 Å². The molecule has 0 unspecified atom stereocenters. The standard InChI is InChI=1S/C21H26N4O3/c1-14-9-8-10-15(2)18(14)23-17(26)13-25(4)19(16-11-6-5-7-12-16)20(27)24-21(28)22-3/h5-12,19H,13H2,1-4H3,(H,23,26)(H2,22,24,27,28)/t19-/m0/s1. The molecule has 4 amide bonds. The number of nitrogens with zero attached hydrogens (tertiary/aromatic N) is 1. The number of amides is 4. The van der Waals surface area contributed by atoms with Gasteiger partial charge < -0.3 is 10.6 Å². The van der Waals surface area contributed by atoms with Crippen molar-refractivity contribution >= 4 is 23.5 Å². The van der Waals surface area contributed by atoms with Crippen molar-refractivity contribution in [2.45, 2.75) is 19.9 Å². The van der Waals surface area contributed by atoms with E-state index in [1.807, 2.05) is 38.1 Å². The number of nitrogens with one attached hydrogen (secondary N) is 3. The van der Waals surface area contributed by atoms with Crippen molar-refractivity contribution in [2.24, 2.45) is 0 Å². The number of para-hydroxylation sites is 1. The molecule has 3 N–H and O–H groups in total. The predicted octanol–water partition coefficient (Wildman–Crippen LogP) is 2.37. The number of rotatable bonds is 6. The average Bonchev–Trinajstić information content (AvgIpc) is 2.65. The van der Waals surface area contributed by atoms with Crippen LogP contribution in [0.5, 0.6) is 0 Å². The van der Waals surface area contributed by atoms with Gasteiger partial charge in [-0.15, -0.1) is 0 Å². The molecule has 0 aromatic heterocycles. The molecular weight excluding hydrogens is 356 g/mol. The van der Waals surface area contributed by atoms with Crippen molar-refractivity contribution in [1.82, 2.24) is 15.5 Å². The van der Waals surface area contributed by atoms with E-state index in [1.54, 1.807) is 36.2 Å². The molecule has 1 atom stereocenters. The van der Waals surface area contributed by atoms with E-state index < -0.39 is 18.0 Å². The highest BCUT2D eigenvalue weighted by Gasteiger charge is 2.27. The van der Waals surface area contributed by atoms with Crippen LogP contribution in [0.15, 0.2) is 48.5 Å². The normalized spacial score (nSPS) is 11.6. The predicted molar refractivity (Wildman–Crippen MR) is 109 cm³/mol. The summed E-state index contributed by atoms with van der Waals surface area (Å²) in [4.78, 5) is 38.4. The third kappa shape index (κ3) is 5.40. The third-order valence-corrected chi connectivity index (χ3v) is 4.41. The second kappa shape index (κ2) is 9.66. The molecule has 0 saturated carbocycles. The van der Waals surface area contributed by atoms with Gasteiger partial charge in [-0.3, -0.25) is 19.8 Å². The lowest BCUT2D eigenvalue weighted by molar-refractivity contribution is -0.126. The van der Waals surface area contributed by atoms with Gasteiger partial charge in [-0.05, 0) is 37.6 Å². The summed E-state index contributed by atoms with van der Waals surface area (Å²) >= 11 is 0. The minimum absolute atomic E-state index is 0.0193. The summed E-state index contributed by atoms with van der Waals surface area (Å²) in [5.41, 5.74) is 3.39. The van der Waals surface area contributed by atoms with Crippen molar-refractivity contribution in [1.29, 1.82) is 0 Å². The maximum Gasteiger partial charge on any atom is 0.321 e. The molecule has 0 aliphatic rings. The molecule has 0 aliphatic carbocycles. The minimum atomic E-state index is -0.790. The van der Waals surface area contributed by atoms with Crippen LogP contribution in [-0.4, -0.2) is 43.4 Å². The van der Waals surface area contributed by atoms with Crippen LogP contribution in [0.1, 0.15) is 22.7 Å². The fraction of sp³-hybridized carbons (Fsp3) is 0.286. The van der Waals surface area contributed by atoms with E-state index >= 15 is 0 Å². The Bertz CT molecular complexity index is 832. The first-order valence-electron chi connectivity index (χ1n) is 8.97. The van der Waals surface area contributed by atoms with Gasteiger partial charge in [-0.25, -0.2) is 4.79 Å². The molecule has 148 valence electrons. The van der Waals surface area contributed by atoms with E-state index in [9.17, 15) is 14.4 Å². The number of urea groups is 1. The Morgan fingerprint density at radius 1 is 0.964 bits per heavy atom. The second-order valence-electron chi connectivity index (χ2n) is 6.61. The zero-order valence-corrected chi connectivity index (χ0v) is 16.6. The van der Waals surface area contributed by atoms with Crippen LogP contribution in [0, 0.1) is 13.8 Å². The summed E-state index contributed by atoms with van der Waals surface area (Å²) in [6.45, 7) is 3.83. The highest BCUT2D eigenvalue weighted by Crippen LogP contribution is 2.21. The van der Waals surface area contributed by atoms with Crippen LogP contribution in [0.4, 0.5) is 10.5 Å². The van der Waals surface area contributed by atoms with E-state index in [0.29, 0.717) is 5.56 Å². The van der Waals surface area contributed by atoms with Gasteiger partial charge in [-0.2, -0.15) is 0 Å². The molecule has 0 aliphatic heterocycles. The molecule has 2 rings (SSSR count). The summed E-state index contributed by atoms with van der Waals surface area (Å²) in [6, 6.07) is 13.4. The van der Waals surface area contributed by atoms with Crippen LogP contribution in [-0.2, 0) is 9.59 Å². The average molecular weight is 382 g/mol. The maximum absolute atomic E-state index is 12.7. The number of anilines is 1. The zero-order valence-electron chi connectivity index (χ0n) is 16.6. The summed E-state index contributed by atoms with van der Waals surface area (Å²) < 4.78 is 0. The number of hydrogen-bond donors (Lipinski definition) is 3. The van der Waals surface area contributed by atoms with Crippen molar-refractivity contribution in [2.75, 3.05) is 26.0 Å². The van der Waals surface area contributed by atoms with Gasteiger partial charge in [0, 0.05) is 12.7 Å². The second-order valence-corrected chi connectivity index (χ2v) is 6.61. The van der Waals surface area contributed by atoms with Gasteiger partial charge in [0.05, 0.1) is 6.54 Å². The van der Waals surface area contributed by atoms with Crippen molar-refractivity contribution in [3.8, 4) is 0 Å². The maximum atomic E-state index is 12.7. The van der Waals surface area contributed by atoms with Crippen LogP contribution in [0.25, 0.3) is 0 Å². The molecule has 28 heavy (non-hydrogen) atoms. The Labute approximate surface area is 165 Å². The monoisotopic (exact) mass is 382 g/mol. The van der Waals surface area contributed by atoms with Crippen LogP contribution < -0.4 is 16.0 Å². The molecule has 7 nitrogen and oxygen atoms in total. The Hall–Kier alpha value is -3.19. The fourth-order valence-corrected chi connectivity index (χ4v) is 2.99. The first-order valence-corrected chi connectivity index (χ1v) is 8.97. The Balaban J connectivity index is 2.17. The Morgan fingerprint density at radius 3 is 2.14 bits per heavy atom. The quantitative estimate of drug-likeness (QED) is 0.715. The molecule has 7 heteroatoms. The minimum Gasteiger partial charge on any atom is -0.341 e. The van der Waals surface area contributed by atoms with Crippen LogP contribution >= 0.6 is 0 Å². The van der Waals surface area contributed by atoms with E-state index in [-0.39, 0.29) is 12.5 Å². The van der Waals surface area contributed by atoms with Gasteiger partial charge in [0.1, 0.15) is 6.04 Å². The van der Waals surface area contributed by atoms with Gasteiger partial charge in [-0.1, -0.05) is 48.5 Å². The molecule has 0 heterocycles. The SMILES string of the molecule is CNC(=O)NC(=O)[C@H](c1ccccc1)N(C)CC(=O)Nc1c(C)cccc1C. The molecule has 0 radical (unpaired) electrons. The number of carbonyl (C=O) groups excluding carboxylic acids is 3. The van der Waals surface area contributed by atoms with E-state index in [2.05, 4.69) is 16.0 Å². The summed E-state index contributed by atoms with van der Waals surface area (Å²) in [5.74, 6) is -0.749. The Morgan fingerprint density at radius 2 is 1.57 bits per heavy atom. The molecule has 0 fully saturated rings. The number of imide groups is 1. The molecule has 2 aromatic rings. The molecule has 0 bridgehead atoms. The van der Waals surface area contributed by atoms with Crippen molar-refractivity contribution in [3.05, 3.63) is 65.2 Å². The lowest BCUT2D eigenvalue weighted by Gasteiger charge is -2.27. The first kappa shape index (κ1) is 21.1. The smallest absolute Gasteiger partial charge is 0.321 e. The zero-order chi connectivity index (χ0) is 20.7. The summed E-state index contributed by atoms with van der Waals surface area (Å²) in [5, 5.41) is 7.56. The summed E-state index contributed by atoms with van der Waals surface area (Å²) in [6.07, 6.45) is 0. The van der Waals surface area contributed by atoms with Gasteiger partial charge in [0.25, 0.3) is 0 Å². The fourth-order valence-electron chi connectivity index (χ4n) is 2.99. The number of aryl methyl sites for hydroxylation is 2. The van der Waals surface area contributed by atoms with Crippen molar-refractivity contribution < 1.29 is 14.4 Å².